The molecule has 20 heavy (non-hydrogen) atoms. The first kappa shape index (κ1) is 14.1. The lowest BCUT2D eigenvalue weighted by Crippen LogP contribution is -2.03. The summed E-state index contributed by atoms with van der Waals surface area (Å²) in [5.74, 6) is -0.902. The van der Waals surface area contributed by atoms with Gasteiger partial charge in [-0.15, -0.1) is 0 Å². The number of nitrogens with zero attached hydrogens (tertiary/aromatic N) is 2. The Kier molecular flexibility index (Phi) is 4.40. The predicted octanol–water partition coefficient (Wildman–Crippen LogP) is 2.91. The molecule has 0 aliphatic rings. The molecule has 2 aromatic rings. The molecule has 0 fully saturated rings. The average molecular weight is 273 g/mol. The van der Waals surface area contributed by atoms with E-state index in [-0.39, 0.29) is 0 Å². The van der Waals surface area contributed by atoms with Crippen LogP contribution in [0.5, 0.6) is 0 Å². The monoisotopic (exact) mass is 273 g/mol. The summed E-state index contributed by atoms with van der Waals surface area (Å²) in [6.45, 7) is 5.62. The van der Waals surface area contributed by atoms with Crippen LogP contribution < -0.4 is 5.32 Å². The molecule has 2 rings (SSSR count). The second-order valence-corrected chi connectivity index (χ2v) is 4.80. The molecule has 0 bridgehead atoms. The van der Waals surface area contributed by atoms with Gasteiger partial charge < -0.3 is 10.4 Å². The topological polar surface area (TPSA) is 67.2 Å². The minimum atomic E-state index is -0.902. The van der Waals surface area contributed by atoms with Crippen molar-refractivity contribution in [2.75, 3.05) is 5.32 Å². The van der Waals surface area contributed by atoms with Gasteiger partial charge in [0.05, 0.1) is 11.8 Å². The second kappa shape index (κ2) is 6.23. The van der Waals surface area contributed by atoms with E-state index < -0.39 is 5.97 Å². The molecule has 0 atom stereocenters. The Morgan fingerprint density at radius 3 is 2.90 bits per heavy atom. The smallest absolute Gasteiger partial charge is 0.335 e. The number of hydrogen-bond donors (Lipinski definition) is 2. The number of aryl methyl sites for hydroxylation is 2. The summed E-state index contributed by atoms with van der Waals surface area (Å²) in [5.41, 5.74) is 3.29. The molecule has 0 saturated heterocycles. The molecule has 5 nitrogen and oxygen atoms in total. The normalized spacial score (nSPS) is 10.5. The van der Waals surface area contributed by atoms with Crippen molar-refractivity contribution >= 4 is 11.7 Å². The molecule has 0 aliphatic heterocycles. The van der Waals surface area contributed by atoms with Crippen molar-refractivity contribution in [1.82, 2.24) is 9.78 Å². The number of aromatic carboxylic acids is 1. The fourth-order valence-corrected chi connectivity index (χ4v) is 2.04. The molecule has 0 radical (unpaired) electrons. The van der Waals surface area contributed by atoms with Crippen LogP contribution in [0.3, 0.4) is 0 Å². The highest BCUT2D eigenvalue weighted by Gasteiger charge is 2.06. The number of nitrogens with one attached hydrogen (secondary N) is 1. The van der Waals surface area contributed by atoms with Gasteiger partial charge in [-0.05, 0) is 37.1 Å². The third kappa shape index (κ3) is 3.38. The summed E-state index contributed by atoms with van der Waals surface area (Å²) < 4.78 is 1.93. The van der Waals surface area contributed by atoms with Gasteiger partial charge in [-0.3, -0.25) is 4.68 Å². The van der Waals surface area contributed by atoms with Crippen molar-refractivity contribution in [3.05, 3.63) is 47.3 Å². The van der Waals surface area contributed by atoms with E-state index in [1.807, 2.05) is 24.0 Å². The molecular formula is C15H19N3O2. The Morgan fingerprint density at radius 1 is 1.45 bits per heavy atom. The maximum absolute atomic E-state index is 10.9. The van der Waals surface area contributed by atoms with Gasteiger partial charge in [-0.2, -0.15) is 5.10 Å². The summed E-state index contributed by atoms with van der Waals surface area (Å²) in [6.07, 6.45) is 4.94. The standard InChI is InChI=1S/C15H19N3O2/c1-3-6-18-10-12(9-17-18)8-16-14-5-4-13(15(19)20)7-11(14)2/h4-5,7,9-10,16H,3,6,8H2,1-2H3,(H,19,20). The molecule has 0 spiro atoms. The molecule has 2 N–H and O–H groups in total. The highest BCUT2D eigenvalue weighted by Crippen LogP contribution is 2.17. The number of carboxylic acid groups (broad SMARTS) is 1. The summed E-state index contributed by atoms with van der Waals surface area (Å²) in [6, 6.07) is 5.08. The van der Waals surface area contributed by atoms with E-state index in [1.54, 1.807) is 18.2 Å². The van der Waals surface area contributed by atoms with E-state index in [0.717, 1.165) is 29.8 Å². The predicted molar refractivity (Wildman–Crippen MR) is 78.0 cm³/mol. The zero-order valence-corrected chi connectivity index (χ0v) is 11.8. The molecular weight excluding hydrogens is 254 g/mol. The molecule has 1 heterocycles. The van der Waals surface area contributed by atoms with Crippen LogP contribution in [0.15, 0.2) is 30.6 Å². The van der Waals surface area contributed by atoms with Gasteiger partial charge in [0.25, 0.3) is 0 Å². The molecule has 5 heteroatoms. The number of anilines is 1. The first-order valence-electron chi connectivity index (χ1n) is 6.69. The van der Waals surface area contributed by atoms with Gasteiger partial charge in [0, 0.05) is 30.5 Å². The number of carboxylic acids is 1. The van der Waals surface area contributed by atoms with E-state index in [1.165, 1.54) is 0 Å². The van der Waals surface area contributed by atoms with Crippen molar-refractivity contribution in [2.45, 2.75) is 33.4 Å². The van der Waals surface area contributed by atoms with Crippen molar-refractivity contribution in [2.24, 2.45) is 0 Å². The Balaban J connectivity index is 2.01. The van der Waals surface area contributed by atoms with Gasteiger partial charge >= 0.3 is 5.97 Å². The largest absolute Gasteiger partial charge is 0.478 e. The summed E-state index contributed by atoms with van der Waals surface area (Å²) in [7, 11) is 0. The number of benzene rings is 1. The number of carbonyl (C=O) groups is 1. The van der Waals surface area contributed by atoms with Crippen LogP contribution in [0.25, 0.3) is 0 Å². The minimum absolute atomic E-state index is 0.309. The van der Waals surface area contributed by atoms with Gasteiger partial charge in [0.2, 0.25) is 0 Å². The third-order valence-electron chi connectivity index (χ3n) is 3.10. The fraction of sp³-hybridized carbons (Fsp3) is 0.333. The zero-order chi connectivity index (χ0) is 14.5. The fourth-order valence-electron chi connectivity index (χ4n) is 2.04. The van der Waals surface area contributed by atoms with E-state index >= 15 is 0 Å². The second-order valence-electron chi connectivity index (χ2n) is 4.80. The summed E-state index contributed by atoms with van der Waals surface area (Å²) >= 11 is 0. The van der Waals surface area contributed by atoms with Crippen LogP contribution in [-0.4, -0.2) is 20.9 Å². The zero-order valence-electron chi connectivity index (χ0n) is 11.8. The Hall–Kier alpha value is -2.30. The number of aromatic nitrogens is 2. The first-order chi connectivity index (χ1) is 9.60. The number of rotatable bonds is 6. The average Bonchev–Trinajstić information content (AvgIpc) is 2.85. The first-order valence-corrected chi connectivity index (χ1v) is 6.69. The molecule has 1 aromatic carbocycles. The summed E-state index contributed by atoms with van der Waals surface area (Å²) in [4.78, 5) is 10.9. The van der Waals surface area contributed by atoms with Gasteiger partial charge in [-0.1, -0.05) is 6.92 Å². The lowest BCUT2D eigenvalue weighted by molar-refractivity contribution is 0.0697. The Bertz CT molecular complexity index is 605. The van der Waals surface area contributed by atoms with Crippen LogP contribution in [-0.2, 0) is 13.1 Å². The van der Waals surface area contributed by atoms with Gasteiger partial charge in [0.1, 0.15) is 0 Å². The van der Waals surface area contributed by atoms with Crippen LogP contribution in [0.2, 0.25) is 0 Å². The lowest BCUT2D eigenvalue weighted by Gasteiger charge is -2.09. The molecule has 0 amide bonds. The van der Waals surface area contributed by atoms with Crippen LogP contribution >= 0.6 is 0 Å². The van der Waals surface area contributed by atoms with Crippen molar-refractivity contribution in [3.8, 4) is 0 Å². The summed E-state index contributed by atoms with van der Waals surface area (Å²) in [5, 5.41) is 16.5. The SMILES string of the molecule is CCCn1cc(CNc2ccc(C(=O)O)cc2C)cn1. The van der Waals surface area contributed by atoms with E-state index in [9.17, 15) is 4.79 Å². The molecule has 0 saturated carbocycles. The highest BCUT2D eigenvalue weighted by atomic mass is 16.4. The maximum Gasteiger partial charge on any atom is 0.335 e. The van der Waals surface area contributed by atoms with Crippen LogP contribution in [0.4, 0.5) is 5.69 Å². The highest BCUT2D eigenvalue weighted by molar-refractivity contribution is 5.88. The molecule has 0 unspecified atom stereocenters. The Morgan fingerprint density at radius 2 is 2.25 bits per heavy atom. The van der Waals surface area contributed by atoms with Crippen molar-refractivity contribution < 1.29 is 9.90 Å². The van der Waals surface area contributed by atoms with Crippen molar-refractivity contribution in [1.29, 1.82) is 0 Å². The molecule has 106 valence electrons. The molecule has 0 aliphatic carbocycles. The van der Waals surface area contributed by atoms with Gasteiger partial charge in [0.15, 0.2) is 0 Å². The van der Waals surface area contributed by atoms with E-state index in [2.05, 4.69) is 17.3 Å². The third-order valence-corrected chi connectivity index (χ3v) is 3.10. The van der Waals surface area contributed by atoms with Crippen LogP contribution in [0, 0.1) is 6.92 Å². The maximum atomic E-state index is 10.9. The lowest BCUT2D eigenvalue weighted by atomic mass is 10.1. The number of hydrogen-bond acceptors (Lipinski definition) is 3. The van der Waals surface area contributed by atoms with Crippen molar-refractivity contribution in [3.63, 3.8) is 0 Å². The Labute approximate surface area is 118 Å². The molecule has 1 aromatic heterocycles. The van der Waals surface area contributed by atoms with Crippen LogP contribution in [0.1, 0.15) is 34.8 Å². The van der Waals surface area contributed by atoms with E-state index in [4.69, 9.17) is 5.11 Å². The van der Waals surface area contributed by atoms with E-state index in [0.29, 0.717) is 12.1 Å². The minimum Gasteiger partial charge on any atom is -0.478 e. The van der Waals surface area contributed by atoms with Gasteiger partial charge in [-0.25, -0.2) is 4.79 Å². The quantitative estimate of drug-likeness (QED) is 0.849.